The van der Waals surface area contributed by atoms with Crippen LogP contribution in [0, 0.1) is 6.92 Å². The monoisotopic (exact) mass is 391 g/mol. The minimum Gasteiger partial charge on any atom is -0.465 e. The molecule has 6 nitrogen and oxygen atoms in total. The van der Waals surface area contributed by atoms with Gasteiger partial charge < -0.3 is 9.73 Å². The van der Waals surface area contributed by atoms with E-state index in [1.54, 1.807) is 12.3 Å². The number of amides is 3. The van der Waals surface area contributed by atoms with Crippen LogP contribution < -0.4 is 10.6 Å². The normalized spacial score (nSPS) is 16.4. The largest absolute Gasteiger partial charge is 0.465 e. The van der Waals surface area contributed by atoms with Gasteiger partial charge in [-0.25, -0.2) is 4.79 Å². The topological polar surface area (TPSA) is 84.2 Å². The Morgan fingerprint density at radius 2 is 1.86 bits per heavy atom. The Hall–Kier alpha value is -3.32. The number of aryl methyl sites for hydroxylation is 1. The zero-order valence-corrected chi connectivity index (χ0v) is 15.8. The lowest BCUT2D eigenvalue weighted by molar-refractivity contribution is -0.120. The molecule has 0 spiro atoms. The van der Waals surface area contributed by atoms with Crippen LogP contribution in [0.5, 0.6) is 0 Å². The second kappa shape index (κ2) is 7.74. The van der Waals surface area contributed by atoms with Crippen LogP contribution in [-0.2, 0) is 4.79 Å². The van der Waals surface area contributed by atoms with Crippen LogP contribution in [0.4, 0.5) is 4.79 Å². The molecule has 1 aliphatic heterocycles. The van der Waals surface area contributed by atoms with Crippen molar-refractivity contribution in [1.29, 1.82) is 0 Å². The third-order valence-corrected chi connectivity index (χ3v) is 5.26. The molecule has 4 rings (SSSR count). The number of nitrogens with zero attached hydrogens (tertiary/aromatic N) is 1. The first-order valence-electron chi connectivity index (χ1n) is 8.66. The molecule has 0 aliphatic carbocycles. The zero-order valence-electron chi connectivity index (χ0n) is 15.0. The standard InChI is InChI=1S/C21H17N3O3S/c1-13-12-15(8-10-22-13)3-2-14-4-6-16(7-5-14)28-17-9-11-27-19(17)18-20(25)24-21(26)23-18/h2-12,18H,1H3,(H2,23,24,25,26)/b3-2+. The Bertz CT molecular complexity index is 1060. The molecule has 1 atom stereocenters. The van der Waals surface area contributed by atoms with E-state index < -0.39 is 18.0 Å². The molecule has 0 saturated carbocycles. The number of rotatable bonds is 5. The molecule has 0 bridgehead atoms. The van der Waals surface area contributed by atoms with Gasteiger partial charge in [0, 0.05) is 16.8 Å². The van der Waals surface area contributed by atoms with Crippen LogP contribution in [0.3, 0.4) is 0 Å². The van der Waals surface area contributed by atoms with Crippen molar-refractivity contribution in [3.05, 3.63) is 77.5 Å². The van der Waals surface area contributed by atoms with Crippen molar-refractivity contribution >= 4 is 35.9 Å². The van der Waals surface area contributed by atoms with Crippen molar-refractivity contribution in [2.75, 3.05) is 0 Å². The number of imide groups is 1. The third-order valence-electron chi connectivity index (χ3n) is 4.19. The number of aromatic nitrogens is 1. The molecule has 1 aromatic carbocycles. The Morgan fingerprint density at radius 1 is 1.07 bits per heavy atom. The number of nitrogens with one attached hydrogen (secondary N) is 2. The summed E-state index contributed by atoms with van der Waals surface area (Å²) >= 11 is 1.48. The number of urea groups is 1. The minimum absolute atomic E-state index is 0.409. The fraction of sp³-hybridized carbons (Fsp3) is 0.0952. The number of hydrogen-bond acceptors (Lipinski definition) is 5. The Kier molecular flexibility index (Phi) is 4.99. The van der Waals surface area contributed by atoms with Gasteiger partial charge in [0.2, 0.25) is 0 Å². The van der Waals surface area contributed by atoms with E-state index in [1.165, 1.54) is 18.0 Å². The molecule has 140 valence electrons. The summed E-state index contributed by atoms with van der Waals surface area (Å²) in [5, 5.41) is 4.77. The molecule has 0 radical (unpaired) electrons. The van der Waals surface area contributed by atoms with E-state index in [2.05, 4.69) is 15.6 Å². The van der Waals surface area contributed by atoms with Gasteiger partial charge in [0.05, 0.1) is 11.2 Å². The maximum atomic E-state index is 11.9. The maximum Gasteiger partial charge on any atom is 0.322 e. The number of carbonyl (C=O) groups is 2. The summed E-state index contributed by atoms with van der Waals surface area (Å²) in [5.74, 6) is 0.0269. The lowest BCUT2D eigenvalue weighted by atomic mass is 10.1. The molecule has 1 unspecified atom stereocenters. The minimum atomic E-state index is -0.795. The van der Waals surface area contributed by atoms with Crippen LogP contribution in [0.25, 0.3) is 12.2 Å². The van der Waals surface area contributed by atoms with Crippen LogP contribution in [0.2, 0.25) is 0 Å². The van der Waals surface area contributed by atoms with E-state index in [4.69, 9.17) is 4.42 Å². The smallest absolute Gasteiger partial charge is 0.322 e. The second-order valence-corrected chi connectivity index (χ2v) is 7.40. The van der Waals surface area contributed by atoms with Gasteiger partial charge in [-0.15, -0.1) is 0 Å². The molecule has 3 aromatic rings. The number of furan rings is 1. The first kappa shape index (κ1) is 18.1. The molecule has 1 aliphatic rings. The molecule has 28 heavy (non-hydrogen) atoms. The predicted octanol–water partition coefficient (Wildman–Crippen LogP) is 4.19. The van der Waals surface area contributed by atoms with Gasteiger partial charge in [-0.2, -0.15) is 0 Å². The molecule has 7 heteroatoms. The third kappa shape index (κ3) is 3.99. The summed E-state index contributed by atoms with van der Waals surface area (Å²) in [4.78, 5) is 29.2. The van der Waals surface area contributed by atoms with E-state index in [1.807, 2.05) is 55.5 Å². The second-order valence-electron chi connectivity index (χ2n) is 6.28. The van der Waals surface area contributed by atoms with Crippen molar-refractivity contribution in [1.82, 2.24) is 15.6 Å². The molecule has 3 amide bonds. The number of benzene rings is 1. The summed E-state index contributed by atoms with van der Waals surface area (Å²) in [6.45, 7) is 1.97. The summed E-state index contributed by atoms with van der Waals surface area (Å²) in [5.41, 5.74) is 3.16. The summed E-state index contributed by atoms with van der Waals surface area (Å²) in [6.07, 6.45) is 7.41. The van der Waals surface area contributed by atoms with E-state index in [9.17, 15) is 9.59 Å². The van der Waals surface area contributed by atoms with Crippen molar-refractivity contribution in [3.63, 3.8) is 0 Å². The van der Waals surface area contributed by atoms with Crippen molar-refractivity contribution in [3.8, 4) is 0 Å². The molecular formula is C21H17N3O3S. The van der Waals surface area contributed by atoms with Gasteiger partial charge in [-0.3, -0.25) is 15.1 Å². The summed E-state index contributed by atoms with van der Waals surface area (Å²) < 4.78 is 5.45. The SMILES string of the molecule is Cc1cc(/C=C/c2ccc(Sc3ccoc3C3NC(=O)NC3=O)cc2)ccn1. The molecule has 2 N–H and O–H groups in total. The zero-order chi connectivity index (χ0) is 19.5. The Labute approximate surface area is 166 Å². The molecular weight excluding hydrogens is 374 g/mol. The van der Waals surface area contributed by atoms with Gasteiger partial charge >= 0.3 is 6.03 Å². The highest BCUT2D eigenvalue weighted by Gasteiger charge is 2.35. The van der Waals surface area contributed by atoms with Gasteiger partial charge in [0.25, 0.3) is 5.91 Å². The number of hydrogen-bond donors (Lipinski definition) is 2. The van der Waals surface area contributed by atoms with Gasteiger partial charge in [0.15, 0.2) is 6.04 Å². The van der Waals surface area contributed by atoms with E-state index in [-0.39, 0.29) is 0 Å². The Morgan fingerprint density at radius 3 is 2.57 bits per heavy atom. The first-order valence-corrected chi connectivity index (χ1v) is 9.47. The molecule has 3 heterocycles. The van der Waals surface area contributed by atoms with Crippen LogP contribution >= 0.6 is 11.8 Å². The van der Waals surface area contributed by atoms with Crippen LogP contribution in [-0.4, -0.2) is 16.9 Å². The number of carbonyl (C=O) groups excluding carboxylic acids is 2. The Balaban J connectivity index is 1.46. The van der Waals surface area contributed by atoms with Crippen molar-refractivity contribution in [2.24, 2.45) is 0 Å². The van der Waals surface area contributed by atoms with E-state index in [0.29, 0.717) is 5.76 Å². The highest BCUT2D eigenvalue weighted by atomic mass is 32.2. The van der Waals surface area contributed by atoms with Gasteiger partial charge in [-0.05, 0) is 48.4 Å². The summed E-state index contributed by atoms with van der Waals surface area (Å²) in [7, 11) is 0. The average Bonchev–Trinajstić information content (AvgIpc) is 3.26. The fourth-order valence-electron chi connectivity index (χ4n) is 2.84. The number of pyridine rings is 1. The quantitative estimate of drug-likeness (QED) is 0.637. The first-order chi connectivity index (χ1) is 13.6. The molecule has 1 saturated heterocycles. The lowest BCUT2D eigenvalue weighted by Gasteiger charge is -2.07. The highest BCUT2D eigenvalue weighted by molar-refractivity contribution is 7.99. The lowest BCUT2D eigenvalue weighted by Crippen LogP contribution is -2.22. The maximum absolute atomic E-state index is 11.9. The van der Waals surface area contributed by atoms with E-state index >= 15 is 0 Å². The molecule has 1 fully saturated rings. The van der Waals surface area contributed by atoms with Crippen molar-refractivity contribution < 1.29 is 14.0 Å². The van der Waals surface area contributed by atoms with Gasteiger partial charge in [0.1, 0.15) is 5.76 Å². The van der Waals surface area contributed by atoms with Gasteiger partial charge in [-0.1, -0.05) is 36.0 Å². The summed E-state index contributed by atoms with van der Waals surface area (Å²) in [6, 6.07) is 12.5. The van der Waals surface area contributed by atoms with E-state index in [0.717, 1.165) is 26.6 Å². The molecule has 2 aromatic heterocycles. The van der Waals surface area contributed by atoms with Crippen molar-refractivity contribution in [2.45, 2.75) is 22.8 Å². The predicted molar refractivity (Wildman–Crippen MR) is 107 cm³/mol. The van der Waals surface area contributed by atoms with Crippen LogP contribution in [0.1, 0.15) is 28.6 Å². The van der Waals surface area contributed by atoms with Crippen LogP contribution in [0.15, 0.2) is 69.1 Å². The average molecular weight is 391 g/mol. The fourth-order valence-corrected chi connectivity index (χ4v) is 3.76. The highest BCUT2D eigenvalue weighted by Crippen LogP contribution is 2.35.